The Hall–Kier alpha value is -1.03. The van der Waals surface area contributed by atoms with Gasteiger partial charge in [-0.05, 0) is 29.1 Å². The number of rotatable bonds is 3. The lowest BCUT2D eigenvalue weighted by Gasteiger charge is -2.00. The second kappa shape index (κ2) is 4.11. The summed E-state index contributed by atoms with van der Waals surface area (Å²) in [5.74, 6) is 1.02. The zero-order valence-electron chi connectivity index (χ0n) is 6.65. The smallest absolute Gasteiger partial charge is 0.121 e. The van der Waals surface area contributed by atoms with Gasteiger partial charge in [0.25, 0.3) is 0 Å². The van der Waals surface area contributed by atoms with Crippen LogP contribution in [0, 0.1) is 4.91 Å². The Kier molecular flexibility index (Phi) is 3.10. The zero-order valence-corrected chi connectivity index (χ0v) is 7.47. The third kappa shape index (κ3) is 1.98. The predicted octanol–water partition coefficient (Wildman–Crippen LogP) is 2.90. The maximum absolute atomic E-state index is 10.3. The number of hydrogen-bond donors (Lipinski definition) is 1. The second-order valence-electron chi connectivity index (χ2n) is 2.18. The third-order valence-electron chi connectivity index (χ3n) is 1.34. The van der Waals surface area contributed by atoms with Crippen molar-refractivity contribution < 1.29 is 5.11 Å². The van der Waals surface area contributed by atoms with Crippen molar-refractivity contribution in [2.75, 3.05) is 5.75 Å². The van der Waals surface area contributed by atoms with Gasteiger partial charge in [-0.3, -0.25) is 0 Å². The number of hydrogen-bond acceptors (Lipinski definition) is 4. The van der Waals surface area contributed by atoms with Gasteiger partial charge in [0.1, 0.15) is 11.4 Å². The highest BCUT2D eigenvalue weighted by Gasteiger charge is 2.02. The van der Waals surface area contributed by atoms with Crippen molar-refractivity contribution in [3.05, 3.63) is 23.1 Å². The molecular formula is C8H9NO2S. The van der Waals surface area contributed by atoms with E-state index in [9.17, 15) is 4.91 Å². The largest absolute Gasteiger partial charge is 0.508 e. The molecule has 0 fully saturated rings. The Morgan fingerprint density at radius 3 is 2.92 bits per heavy atom. The monoisotopic (exact) mass is 183 g/mol. The van der Waals surface area contributed by atoms with Crippen LogP contribution in [0.25, 0.3) is 0 Å². The molecule has 0 aliphatic carbocycles. The van der Waals surface area contributed by atoms with Crippen molar-refractivity contribution in [2.24, 2.45) is 5.18 Å². The number of aromatic hydroxyl groups is 1. The predicted molar refractivity (Wildman–Crippen MR) is 50.0 cm³/mol. The standard InChI is InChI=1S/C8H9NO2S/c1-2-12-8-5-6(10)3-4-7(8)9-11/h3-5,10H,2H2,1H3. The van der Waals surface area contributed by atoms with Crippen LogP contribution in [-0.2, 0) is 0 Å². The summed E-state index contributed by atoms with van der Waals surface area (Å²) in [5, 5.41) is 12.0. The molecule has 12 heavy (non-hydrogen) atoms. The van der Waals surface area contributed by atoms with E-state index in [4.69, 9.17) is 5.11 Å². The molecule has 0 unspecified atom stereocenters. The molecular weight excluding hydrogens is 174 g/mol. The molecule has 4 heteroatoms. The molecule has 0 saturated heterocycles. The molecule has 0 amide bonds. The molecule has 1 aromatic rings. The lowest BCUT2D eigenvalue weighted by molar-refractivity contribution is 0.474. The molecule has 1 aromatic carbocycles. The maximum Gasteiger partial charge on any atom is 0.121 e. The van der Waals surface area contributed by atoms with E-state index >= 15 is 0 Å². The average Bonchev–Trinajstić information content (AvgIpc) is 2.05. The van der Waals surface area contributed by atoms with Gasteiger partial charge in [0, 0.05) is 4.90 Å². The molecule has 0 aliphatic rings. The van der Waals surface area contributed by atoms with Gasteiger partial charge in [-0.25, -0.2) is 0 Å². The van der Waals surface area contributed by atoms with Crippen molar-refractivity contribution in [1.29, 1.82) is 0 Å². The lowest BCUT2D eigenvalue weighted by atomic mass is 10.3. The van der Waals surface area contributed by atoms with Gasteiger partial charge in [-0.2, -0.15) is 0 Å². The first-order chi connectivity index (χ1) is 5.77. The Morgan fingerprint density at radius 2 is 2.33 bits per heavy atom. The van der Waals surface area contributed by atoms with Gasteiger partial charge in [0.05, 0.1) is 0 Å². The minimum Gasteiger partial charge on any atom is -0.508 e. The summed E-state index contributed by atoms with van der Waals surface area (Å²) in [6.07, 6.45) is 0. The Balaban J connectivity index is 3.03. The summed E-state index contributed by atoms with van der Waals surface area (Å²) in [5.41, 5.74) is 0.389. The molecule has 0 radical (unpaired) electrons. The van der Waals surface area contributed by atoms with Crippen LogP contribution in [0.5, 0.6) is 5.75 Å². The summed E-state index contributed by atoms with van der Waals surface area (Å²) in [6, 6.07) is 4.52. The number of benzene rings is 1. The fourth-order valence-electron chi connectivity index (χ4n) is 0.849. The van der Waals surface area contributed by atoms with Crippen LogP contribution in [0.15, 0.2) is 28.3 Å². The molecule has 64 valence electrons. The van der Waals surface area contributed by atoms with Crippen LogP contribution in [0.2, 0.25) is 0 Å². The van der Waals surface area contributed by atoms with Crippen molar-refractivity contribution in [3.8, 4) is 5.75 Å². The van der Waals surface area contributed by atoms with E-state index in [1.54, 1.807) is 6.07 Å². The van der Waals surface area contributed by atoms with Crippen LogP contribution in [0.1, 0.15) is 6.92 Å². The summed E-state index contributed by atoms with van der Waals surface area (Å²) < 4.78 is 0. The van der Waals surface area contributed by atoms with E-state index in [-0.39, 0.29) is 5.75 Å². The first kappa shape index (κ1) is 9.06. The normalized spacial score (nSPS) is 9.75. The lowest BCUT2D eigenvalue weighted by Crippen LogP contribution is -1.74. The van der Waals surface area contributed by atoms with E-state index in [1.165, 1.54) is 23.9 Å². The molecule has 1 N–H and O–H groups in total. The van der Waals surface area contributed by atoms with Crippen molar-refractivity contribution in [1.82, 2.24) is 0 Å². The van der Waals surface area contributed by atoms with Gasteiger partial charge in [-0.1, -0.05) is 6.92 Å². The minimum atomic E-state index is 0.165. The first-order valence-corrected chi connectivity index (χ1v) is 4.55. The van der Waals surface area contributed by atoms with Crippen molar-refractivity contribution in [2.45, 2.75) is 11.8 Å². The molecule has 0 spiro atoms. The average molecular weight is 183 g/mol. The fourth-order valence-corrected chi connectivity index (χ4v) is 1.62. The zero-order chi connectivity index (χ0) is 8.97. The third-order valence-corrected chi connectivity index (χ3v) is 2.27. The molecule has 0 aliphatic heterocycles. The summed E-state index contributed by atoms with van der Waals surface area (Å²) in [7, 11) is 0. The summed E-state index contributed by atoms with van der Waals surface area (Å²) in [4.78, 5) is 11.0. The highest BCUT2D eigenvalue weighted by atomic mass is 32.2. The molecule has 0 bridgehead atoms. The topological polar surface area (TPSA) is 49.7 Å². The minimum absolute atomic E-state index is 0.165. The molecule has 1 rings (SSSR count). The fraction of sp³-hybridized carbons (Fsp3) is 0.250. The number of phenolic OH excluding ortho intramolecular Hbond substituents is 1. The van der Waals surface area contributed by atoms with Crippen LogP contribution in [-0.4, -0.2) is 10.9 Å². The quantitative estimate of drug-likeness (QED) is 0.579. The van der Waals surface area contributed by atoms with Gasteiger partial charge < -0.3 is 5.11 Å². The highest BCUT2D eigenvalue weighted by Crippen LogP contribution is 2.32. The molecule has 0 saturated carbocycles. The number of nitroso groups, excluding NO2 is 1. The summed E-state index contributed by atoms with van der Waals surface area (Å²) in [6.45, 7) is 1.98. The number of thioether (sulfide) groups is 1. The van der Waals surface area contributed by atoms with Crippen LogP contribution in [0.3, 0.4) is 0 Å². The van der Waals surface area contributed by atoms with Gasteiger partial charge in [0.2, 0.25) is 0 Å². The Bertz CT molecular complexity index is 288. The van der Waals surface area contributed by atoms with Crippen molar-refractivity contribution >= 4 is 17.4 Å². The Labute approximate surface area is 74.8 Å². The number of phenols is 1. The first-order valence-electron chi connectivity index (χ1n) is 3.57. The van der Waals surface area contributed by atoms with Gasteiger partial charge >= 0.3 is 0 Å². The highest BCUT2D eigenvalue weighted by molar-refractivity contribution is 7.99. The Morgan fingerprint density at radius 1 is 1.58 bits per heavy atom. The van der Waals surface area contributed by atoms with E-state index in [0.29, 0.717) is 5.69 Å². The molecule has 3 nitrogen and oxygen atoms in total. The van der Waals surface area contributed by atoms with Crippen LogP contribution >= 0.6 is 11.8 Å². The van der Waals surface area contributed by atoms with Gasteiger partial charge in [0.15, 0.2) is 0 Å². The van der Waals surface area contributed by atoms with Crippen LogP contribution < -0.4 is 0 Å². The van der Waals surface area contributed by atoms with E-state index in [2.05, 4.69) is 5.18 Å². The van der Waals surface area contributed by atoms with Crippen molar-refractivity contribution in [3.63, 3.8) is 0 Å². The molecule has 0 aromatic heterocycles. The summed E-state index contributed by atoms with van der Waals surface area (Å²) >= 11 is 1.49. The van der Waals surface area contributed by atoms with E-state index in [0.717, 1.165) is 10.6 Å². The van der Waals surface area contributed by atoms with E-state index in [1.807, 2.05) is 6.92 Å². The number of nitrogens with zero attached hydrogens (tertiary/aromatic N) is 1. The maximum atomic E-state index is 10.3. The molecule has 0 heterocycles. The molecule has 0 atom stereocenters. The van der Waals surface area contributed by atoms with E-state index < -0.39 is 0 Å². The van der Waals surface area contributed by atoms with Gasteiger partial charge in [-0.15, -0.1) is 16.7 Å². The SMILES string of the molecule is CCSc1cc(O)ccc1N=O. The second-order valence-corrected chi connectivity index (χ2v) is 3.48. The van der Waals surface area contributed by atoms with Crippen LogP contribution in [0.4, 0.5) is 5.69 Å².